The van der Waals surface area contributed by atoms with Crippen molar-refractivity contribution in [2.75, 3.05) is 19.8 Å². The molecule has 0 unspecified atom stereocenters. The number of esters is 1. The number of allylic oxidation sites excluding steroid dienone is 3. The van der Waals surface area contributed by atoms with Gasteiger partial charge in [-0.15, -0.1) is 0 Å². The smallest absolute Gasteiger partial charge is 0.332 e. The number of hydrogen-bond donors (Lipinski definition) is 1. The predicted molar refractivity (Wildman–Crippen MR) is 160 cm³/mol. The Morgan fingerprint density at radius 3 is 2.58 bits per heavy atom. The lowest BCUT2D eigenvalue weighted by atomic mass is 9.64. The number of benzene rings is 1. The van der Waals surface area contributed by atoms with Crippen LogP contribution in [0.25, 0.3) is 0 Å². The Morgan fingerprint density at radius 2 is 1.88 bits per heavy atom. The van der Waals surface area contributed by atoms with Gasteiger partial charge in [0.05, 0.1) is 18.4 Å². The summed E-state index contributed by atoms with van der Waals surface area (Å²) >= 11 is 0. The molecule has 0 heterocycles. The van der Waals surface area contributed by atoms with E-state index in [-0.39, 0.29) is 36.6 Å². The first-order chi connectivity index (χ1) is 19.1. The van der Waals surface area contributed by atoms with Gasteiger partial charge in [0.2, 0.25) is 0 Å². The van der Waals surface area contributed by atoms with Crippen LogP contribution in [0, 0.1) is 22.7 Å². The summed E-state index contributed by atoms with van der Waals surface area (Å²) < 4.78 is 10.6. The van der Waals surface area contributed by atoms with Crippen molar-refractivity contribution >= 4 is 11.7 Å². The van der Waals surface area contributed by atoms with Gasteiger partial charge in [0, 0.05) is 17.4 Å². The van der Waals surface area contributed by atoms with E-state index in [2.05, 4.69) is 30.0 Å². The van der Waals surface area contributed by atoms with Crippen LogP contribution in [0.5, 0.6) is 0 Å². The molecular weight excluding hydrogens is 502 g/mol. The summed E-state index contributed by atoms with van der Waals surface area (Å²) in [6.07, 6.45) is 16.7. The first-order valence-corrected chi connectivity index (χ1v) is 14.7. The lowest BCUT2D eigenvalue weighted by Crippen LogP contribution is -2.32. The normalized spacial score (nSPS) is 22.5. The summed E-state index contributed by atoms with van der Waals surface area (Å²) in [5, 5.41) is 15.2. The predicted octanol–water partition coefficient (Wildman–Crippen LogP) is 6.77. The highest BCUT2D eigenvalue weighted by Gasteiger charge is 2.37. The van der Waals surface area contributed by atoms with Crippen molar-refractivity contribution in [2.24, 2.45) is 16.0 Å². The van der Waals surface area contributed by atoms with Crippen molar-refractivity contribution in [1.29, 1.82) is 0 Å². The van der Waals surface area contributed by atoms with Crippen molar-refractivity contribution in [2.45, 2.75) is 97.2 Å². The van der Waals surface area contributed by atoms with Gasteiger partial charge in [-0.05, 0) is 76.8 Å². The van der Waals surface area contributed by atoms with Crippen LogP contribution in [0.4, 0.5) is 0 Å². The lowest BCUT2D eigenvalue weighted by molar-refractivity contribution is -0.160. The number of ether oxygens (including phenoxy) is 2. The molecule has 6 nitrogen and oxygen atoms in total. The number of carbonyl (C=O) groups is 1. The molecule has 0 aliphatic heterocycles. The zero-order chi connectivity index (χ0) is 28.9. The second kappa shape index (κ2) is 15.2. The number of carbonyl (C=O) groups excluding carboxylic acids is 1. The number of aliphatic hydroxyl groups excluding tert-OH is 1. The first kappa shape index (κ1) is 31.6. The van der Waals surface area contributed by atoms with Gasteiger partial charge in [0.1, 0.15) is 18.8 Å². The van der Waals surface area contributed by atoms with Gasteiger partial charge in [0.15, 0.2) is 0 Å². The maximum Gasteiger partial charge on any atom is 0.332 e. The Morgan fingerprint density at radius 1 is 1.10 bits per heavy atom. The van der Waals surface area contributed by atoms with Crippen LogP contribution in [0.1, 0.15) is 91.0 Å². The van der Waals surface area contributed by atoms with Crippen molar-refractivity contribution in [3.63, 3.8) is 0 Å². The molecule has 2 atom stereocenters. The highest BCUT2D eigenvalue weighted by atomic mass is 16.6. The first-order valence-electron chi connectivity index (χ1n) is 14.7. The van der Waals surface area contributed by atoms with E-state index in [0.29, 0.717) is 0 Å². The molecule has 1 aromatic rings. The lowest BCUT2D eigenvalue weighted by Gasteiger charge is -2.41. The van der Waals surface area contributed by atoms with Gasteiger partial charge in [0.25, 0.3) is 0 Å². The Balaban J connectivity index is 1.44. The van der Waals surface area contributed by atoms with Gasteiger partial charge < -0.3 is 19.4 Å². The molecule has 3 rings (SSSR count). The fraction of sp³-hybridized carbons (Fsp3) is 0.588. The highest BCUT2D eigenvalue weighted by molar-refractivity contribution is 5.91. The van der Waals surface area contributed by atoms with E-state index in [9.17, 15) is 9.90 Å². The minimum absolute atomic E-state index is 0.0992. The average molecular weight is 550 g/mol. The molecule has 2 aliphatic carbocycles. The number of oxime groups is 1. The average Bonchev–Trinajstić information content (AvgIpc) is 2.88. The second-order valence-electron chi connectivity index (χ2n) is 12.3. The summed E-state index contributed by atoms with van der Waals surface area (Å²) in [6.45, 7) is 8.10. The fourth-order valence-electron chi connectivity index (χ4n) is 5.25. The maximum absolute atomic E-state index is 11.7. The van der Waals surface area contributed by atoms with Crippen LogP contribution in [0.3, 0.4) is 0 Å². The van der Waals surface area contributed by atoms with E-state index < -0.39 is 11.7 Å². The summed E-state index contributed by atoms with van der Waals surface area (Å²) in [5.41, 5.74) is 1.47. The molecule has 6 heteroatoms. The van der Waals surface area contributed by atoms with Crippen molar-refractivity contribution in [3.05, 3.63) is 60.2 Å². The number of aliphatic hydroxyl groups is 1. The Hall–Kier alpha value is -2.88. The monoisotopic (exact) mass is 549 g/mol. The molecule has 1 aromatic carbocycles. The maximum atomic E-state index is 11.7. The summed E-state index contributed by atoms with van der Waals surface area (Å²) in [4.78, 5) is 17.3. The van der Waals surface area contributed by atoms with E-state index in [1.165, 1.54) is 6.42 Å². The third kappa shape index (κ3) is 10.9. The molecule has 2 fully saturated rings. The summed E-state index contributed by atoms with van der Waals surface area (Å²) in [5.74, 6) is 6.24. The minimum atomic E-state index is -0.522. The van der Waals surface area contributed by atoms with Crippen molar-refractivity contribution < 1.29 is 24.2 Å². The number of rotatable bonds is 12. The van der Waals surface area contributed by atoms with Crippen molar-refractivity contribution in [1.82, 2.24) is 0 Å². The molecule has 40 heavy (non-hydrogen) atoms. The fourth-order valence-corrected chi connectivity index (χ4v) is 5.25. The summed E-state index contributed by atoms with van der Waals surface area (Å²) in [7, 11) is 0. The molecule has 0 bridgehead atoms. The topological polar surface area (TPSA) is 77.4 Å². The van der Waals surface area contributed by atoms with Gasteiger partial charge in [-0.25, -0.2) is 4.79 Å². The van der Waals surface area contributed by atoms with Crippen LogP contribution in [0.15, 0.2) is 59.8 Å². The van der Waals surface area contributed by atoms with Crippen LogP contribution in [-0.2, 0) is 19.1 Å². The molecule has 0 radical (unpaired) electrons. The zero-order valence-electron chi connectivity index (χ0n) is 24.8. The van der Waals surface area contributed by atoms with Crippen molar-refractivity contribution in [3.8, 4) is 11.8 Å². The molecule has 0 saturated heterocycles. The zero-order valence-corrected chi connectivity index (χ0v) is 24.8. The van der Waals surface area contributed by atoms with E-state index in [1.807, 2.05) is 69.3 Å². The van der Waals surface area contributed by atoms with Gasteiger partial charge in [-0.2, -0.15) is 0 Å². The van der Waals surface area contributed by atoms with Gasteiger partial charge in [-0.1, -0.05) is 79.3 Å². The molecular formula is C34H47NO5. The number of hydrogen-bond acceptors (Lipinski definition) is 6. The third-order valence-electron chi connectivity index (χ3n) is 7.59. The van der Waals surface area contributed by atoms with E-state index in [4.69, 9.17) is 14.3 Å². The summed E-state index contributed by atoms with van der Waals surface area (Å²) in [6, 6.07) is 10.1. The SMILES string of the molecule is CC(C)(C)OC(=O)COCCO/N=C1\CCCC[C@@]1(C)/C=C/C=C/[C@@H](O)CC1(CC#Cc2ccccc2)CCC1. The van der Waals surface area contributed by atoms with Crippen LogP contribution >= 0.6 is 0 Å². The van der Waals surface area contributed by atoms with E-state index in [0.717, 1.165) is 62.6 Å². The largest absolute Gasteiger partial charge is 0.458 e. The molecule has 218 valence electrons. The Labute approximate surface area is 240 Å². The minimum Gasteiger partial charge on any atom is -0.458 e. The quantitative estimate of drug-likeness (QED) is 0.102. The van der Waals surface area contributed by atoms with E-state index >= 15 is 0 Å². The van der Waals surface area contributed by atoms with Crippen LogP contribution in [-0.4, -0.2) is 48.3 Å². The molecule has 0 spiro atoms. The molecule has 2 saturated carbocycles. The highest BCUT2D eigenvalue weighted by Crippen LogP contribution is 2.47. The molecule has 0 aromatic heterocycles. The molecule has 2 aliphatic rings. The van der Waals surface area contributed by atoms with Gasteiger partial charge in [-0.3, -0.25) is 0 Å². The van der Waals surface area contributed by atoms with E-state index in [1.54, 1.807) is 0 Å². The van der Waals surface area contributed by atoms with Crippen LogP contribution in [0.2, 0.25) is 0 Å². The molecule has 1 N–H and O–H groups in total. The van der Waals surface area contributed by atoms with Crippen LogP contribution < -0.4 is 0 Å². The standard InChI is InChI=1S/C34H47NO5/c1-32(2,3)40-31(37)27-38-24-25-39-35-30-18-9-11-20-33(30,4)19-10-8-17-29(36)26-34(22-13-23-34)21-12-16-28-14-6-5-7-15-28/h5-8,10,14-15,17,19,29,36H,9,11,13,18,20-27H2,1-4H3/b17-8+,19-10+,35-30+/t29-,33-/m1/s1. The number of nitrogens with zero attached hydrogens (tertiary/aromatic N) is 1. The second-order valence-corrected chi connectivity index (χ2v) is 12.3. The molecule has 0 amide bonds. The van der Waals surface area contributed by atoms with Gasteiger partial charge >= 0.3 is 5.97 Å². The Kier molecular flexibility index (Phi) is 12.0. The Bertz CT molecular complexity index is 1080. The third-order valence-corrected chi connectivity index (χ3v) is 7.59.